The van der Waals surface area contributed by atoms with Gasteiger partial charge in [-0.25, -0.2) is 0 Å². The molecule has 11 aromatic carbocycles. The Hall–Kier alpha value is -8.46. The summed E-state index contributed by atoms with van der Waals surface area (Å²) in [6.45, 7) is 4.31. The fraction of sp³-hybridized carbons (Fsp3) is 0.0606. The van der Waals surface area contributed by atoms with E-state index in [4.69, 9.17) is 0 Å². The molecule has 0 fully saturated rings. The number of para-hydroxylation sites is 1. The molecule has 0 amide bonds. The number of hydrogen-bond donors (Lipinski definition) is 0. The van der Waals surface area contributed by atoms with Crippen LogP contribution in [0, 0.1) is 13.8 Å². The molecule has 12 aromatic rings. The lowest BCUT2D eigenvalue weighted by Crippen LogP contribution is -2.28. The quantitative estimate of drug-likeness (QED) is 0.148. The number of fused-ring (bicyclic) bond motifs is 10. The zero-order valence-corrected chi connectivity index (χ0v) is 38.2. The summed E-state index contributed by atoms with van der Waals surface area (Å²) in [5.41, 5.74) is 19.2. The average molecular weight is 869 g/mol. The van der Waals surface area contributed by atoms with Crippen molar-refractivity contribution in [1.82, 2.24) is 4.57 Å². The van der Waals surface area contributed by atoms with Crippen molar-refractivity contribution in [1.29, 1.82) is 0 Å². The molecule has 0 saturated heterocycles. The number of nitrogens with zero attached hydrogens (tertiary/aromatic N) is 2. The standard InChI is InChI=1S/C66H48N2/c1-44-29-34-51(35-30-44)67(52-36-31-45(2)32-37-52)61-28-16-10-18-47(61)41-48-42-63-65(58-26-13-12-23-54(48)58)64-55-24-11-9-17-46(55)33-40-62(64)68(63)53-38-39-57-56-25-14-15-27-59(56)66(60(57)43-53,49-19-5-3-6-20-49)50-21-7-4-8-22-50/h3-40,42-43H,41H2,1-2H3. The van der Waals surface area contributed by atoms with Crippen molar-refractivity contribution in [3.8, 4) is 16.8 Å². The minimum Gasteiger partial charge on any atom is -0.310 e. The second-order valence-electron chi connectivity index (χ2n) is 18.6. The zero-order valence-electron chi connectivity index (χ0n) is 38.2. The predicted molar refractivity (Wildman–Crippen MR) is 287 cm³/mol. The third-order valence-electron chi connectivity index (χ3n) is 14.6. The highest BCUT2D eigenvalue weighted by Crippen LogP contribution is 2.57. The summed E-state index contributed by atoms with van der Waals surface area (Å²) in [6, 6.07) is 90.5. The second-order valence-corrected chi connectivity index (χ2v) is 18.6. The van der Waals surface area contributed by atoms with Gasteiger partial charge in [0, 0.05) is 39.9 Å². The van der Waals surface area contributed by atoms with E-state index in [1.807, 2.05) is 0 Å². The Morgan fingerprint density at radius 2 is 0.956 bits per heavy atom. The first-order chi connectivity index (χ1) is 33.6. The van der Waals surface area contributed by atoms with E-state index in [1.165, 1.54) is 105 Å². The smallest absolute Gasteiger partial charge is 0.0714 e. The highest BCUT2D eigenvalue weighted by atomic mass is 15.1. The highest BCUT2D eigenvalue weighted by molar-refractivity contribution is 6.29. The van der Waals surface area contributed by atoms with Crippen LogP contribution in [0.5, 0.6) is 0 Å². The number of rotatable bonds is 8. The van der Waals surface area contributed by atoms with Crippen molar-refractivity contribution < 1.29 is 0 Å². The largest absolute Gasteiger partial charge is 0.310 e. The van der Waals surface area contributed by atoms with Gasteiger partial charge in [-0.2, -0.15) is 0 Å². The summed E-state index contributed by atoms with van der Waals surface area (Å²) in [5.74, 6) is 0. The molecule has 1 aromatic heterocycles. The molecule has 13 rings (SSSR count). The summed E-state index contributed by atoms with van der Waals surface area (Å²) >= 11 is 0. The number of aromatic nitrogens is 1. The Morgan fingerprint density at radius 1 is 0.397 bits per heavy atom. The molecule has 1 aliphatic rings. The first kappa shape index (κ1) is 39.9. The molecule has 0 aliphatic heterocycles. The normalized spacial score (nSPS) is 12.7. The van der Waals surface area contributed by atoms with E-state index in [2.05, 4.69) is 266 Å². The van der Waals surface area contributed by atoms with Crippen LogP contribution < -0.4 is 4.90 Å². The van der Waals surface area contributed by atoms with Crippen molar-refractivity contribution >= 4 is 60.4 Å². The molecule has 0 unspecified atom stereocenters. The van der Waals surface area contributed by atoms with Crippen LogP contribution in [0.2, 0.25) is 0 Å². The van der Waals surface area contributed by atoms with Crippen LogP contribution in [0.15, 0.2) is 243 Å². The molecule has 1 heterocycles. The zero-order chi connectivity index (χ0) is 45.3. The molecule has 0 N–H and O–H groups in total. The summed E-state index contributed by atoms with van der Waals surface area (Å²) in [5, 5.41) is 7.61. The van der Waals surface area contributed by atoms with Crippen molar-refractivity contribution in [2.45, 2.75) is 25.7 Å². The Balaban J connectivity index is 1.08. The van der Waals surface area contributed by atoms with Crippen molar-refractivity contribution in [3.63, 3.8) is 0 Å². The summed E-state index contributed by atoms with van der Waals surface area (Å²) in [7, 11) is 0. The van der Waals surface area contributed by atoms with Gasteiger partial charge in [-0.15, -0.1) is 0 Å². The van der Waals surface area contributed by atoms with Gasteiger partial charge in [-0.05, 0) is 134 Å². The molecule has 1 aliphatic carbocycles. The van der Waals surface area contributed by atoms with Gasteiger partial charge in [-0.3, -0.25) is 0 Å². The fourth-order valence-electron chi connectivity index (χ4n) is 11.6. The van der Waals surface area contributed by atoms with Gasteiger partial charge in [0.25, 0.3) is 0 Å². The molecule has 2 nitrogen and oxygen atoms in total. The van der Waals surface area contributed by atoms with E-state index in [1.54, 1.807) is 0 Å². The van der Waals surface area contributed by atoms with Gasteiger partial charge in [0.15, 0.2) is 0 Å². The Morgan fingerprint density at radius 3 is 1.66 bits per heavy atom. The van der Waals surface area contributed by atoms with Crippen molar-refractivity contribution in [2.24, 2.45) is 0 Å². The van der Waals surface area contributed by atoms with Crippen LogP contribution >= 0.6 is 0 Å². The van der Waals surface area contributed by atoms with Crippen LogP contribution in [0.3, 0.4) is 0 Å². The van der Waals surface area contributed by atoms with Gasteiger partial charge in [0.05, 0.1) is 16.4 Å². The lowest BCUT2D eigenvalue weighted by atomic mass is 9.67. The Labute approximate surface area is 397 Å². The van der Waals surface area contributed by atoms with Gasteiger partial charge in [0.2, 0.25) is 0 Å². The molecule has 0 bridgehead atoms. The summed E-state index contributed by atoms with van der Waals surface area (Å²) < 4.78 is 2.56. The molecular formula is C66H48N2. The van der Waals surface area contributed by atoms with E-state index in [0.717, 1.165) is 23.5 Å². The molecule has 0 saturated carbocycles. The minimum absolute atomic E-state index is 0.516. The SMILES string of the molecule is Cc1ccc(N(c2ccc(C)cc2)c2ccccc2Cc2cc3c(c4ccccc24)c2c4ccccc4ccc2n3-c2ccc3c(c2)C(c2ccccc2)(c2ccccc2)c2ccccc2-3)cc1. The van der Waals surface area contributed by atoms with E-state index in [-0.39, 0.29) is 0 Å². The maximum atomic E-state index is 2.56. The van der Waals surface area contributed by atoms with Gasteiger partial charge >= 0.3 is 0 Å². The van der Waals surface area contributed by atoms with Crippen LogP contribution in [0.1, 0.15) is 44.5 Å². The maximum absolute atomic E-state index is 2.56. The highest BCUT2D eigenvalue weighted by Gasteiger charge is 2.46. The summed E-state index contributed by atoms with van der Waals surface area (Å²) in [6.07, 6.45) is 0.744. The number of hydrogen-bond acceptors (Lipinski definition) is 1. The molecule has 0 radical (unpaired) electrons. The lowest BCUT2D eigenvalue weighted by molar-refractivity contribution is 0.767. The number of benzene rings is 11. The third-order valence-corrected chi connectivity index (χ3v) is 14.6. The average Bonchev–Trinajstić information content (AvgIpc) is 3.89. The van der Waals surface area contributed by atoms with E-state index < -0.39 is 5.41 Å². The van der Waals surface area contributed by atoms with Gasteiger partial charge in [-0.1, -0.05) is 199 Å². The Bertz CT molecular complexity index is 3800. The first-order valence-corrected chi connectivity index (χ1v) is 23.8. The van der Waals surface area contributed by atoms with Crippen LogP contribution in [0.4, 0.5) is 17.1 Å². The topological polar surface area (TPSA) is 8.17 Å². The van der Waals surface area contributed by atoms with E-state index >= 15 is 0 Å². The monoisotopic (exact) mass is 868 g/mol. The number of anilines is 3. The van der Waals surface area contributed by atoms with Crippen LogP contribution in [-0.2, 0) is 11.8 Å². The predicted octanol–water partition coefficient (Wildman–Crippen LogP) is 17.1. The maximum Gasteiger partial charge on any atom is 0.0714 e. The molecular weight excluding hydrogens is 821 g/mol. The second kappa shape index (κ2) is 15.9. The Kier molecular flexibility index (Phi) is 9.30. The van der Waals surface area contributed by atoms with Gasteiger partial charge < -0.3 is 9.47 Å². The minimum atomic E-state index is -0.516. The number of aryl methyl sites for hydroxylation is 2. The lowest BCUT2D eigenvalue weighted by Gasteiger charge is -2.34. The van der Waals surface area contributed by atoms with Crippen molar-refractivity contribution in [3.05, 3.63) is 287 Å². The van der Waals surface area contributed by atoms with Crippen LogP contribution in [-0.4, -0.2) is 4.57 Å². The molecule has 0 spiro atoms. The summed E-state index contributed by atoms with van der Waals surface area (Å²) in [4.78, 5) is 2.42. The van der Waals surface area contributed by atoms with Crippen molar-refractivity contribution in [2.75, 3.05) is 4.90 Å². The molecule has 2 heteroatoms. The molecule has 0 atom stereocenters. The first-order valence-electron chi connectivity index (χ1n) is 23.8. The van der Waals surface area contributed by atoms with Crippen LogP contribution in [0.25, 0.3) is 60.2 Å². The molecule has 322 valence electrons. The van der Waals surface area contributed by atoms with E-state index in [0.29, 0.717) is 0 Å². The van der Waals surface area contributed by atoms with E-state index in [9.17, 15) is 0 Å². The third kappa shape index (κ3) is 6.11. The molecule has 68 heavy (non-hydrogen) atoms. The fourth-order valence-corrected chi connectivity index (χ4v) is 11.6. The van der Waals surface area contributed by atoms with Gasteiger partial charge in [0.1, 0.15) is 0 Å².